The van der Waals surface area contributed by atoms with Gasteiger partial charge in [0, 0.05) is 25.2 Å². The molecule has 2 aromatic rings. The molecule has 0 saturated carbocycles. The number of anilines is 1. The number of rotatable bonds is 3. The van der Waals surface area contributed by atoms with Crippen LogP contribution in [0.15, 0.2) is 54.6 Å². The molecule has 0 aliphatic carbocycles. The summed E-state index contributed by atoms with van der Waals surface area (Å²) in [5.74, 6) is -0.503. The molecular weight excluding hydrogens is 292 g/mol. The second-order valence-corrected chi connectivity index (χ2v) is 5.54. The van der Waals surface area contributed by atoms with Gasteiger partial charge in [-0.15, -0.1) is 0 Å². The number of carbonyl (C=O) groups is 2. The predicted octanol–water partition coefficient (Wildman–Crippen LogP) is 2.60. The van der Waals surface area contributed by atoms with Crippen LogP contribution in [0.4, 0.5) is 5.69 Å². The van der Waals surface area contributed by atoms with Gasteiger partial charge in [0.15, 0.2) is 5.66 Å². The molecule has 0 radical (unpaired) electrons. The van der Waals surface area contributed by atoms with Crippen molar-refractivity contribution < 1.29 is 14.3 Å². The Morgan fingerprint density at radius 2 is 1.78 bits per heavy atom. The van der Waals surface area contributed by atoms with Gasteiger partial charge in [0.25, 0.3) is 5.91 Å². The molecule has 0 spiro atoms. The van der Waals surface area contributed by atoms with Crippen molar-refractivity contribution in [2.75, 3.05) is 19.0 Å². The molecule has 23 heavy (non-hydrogen) atoms. The summed E-state index contributed by atoms with van der Waals surface area (Å²) in [6.45, 7) is 1.39. The van der Waals surface area contributed by atoms with E-state index in [0.717, 1.165) is 11.3 Å². The van der Waals surface area contributed by atoms with Gasteiger partial charge in [-0.25, -0.2) is 0 Å². The summed E-state index contributed by atoms with van der Waals surface area (Å²) < 4.78 is 5.28. The molecule has 1 heterocycles. The molecular formula is C18H18N2O3. The standard InChI is InChI=1S/C18H18N2O3/c1-13(21)23-12-18(14-8-4-3-5-9-14)19-16-11-7-6-10-15(16)17(22)20(18)2/h3-11,19H,12H2,1-2H3. The van der Waals surface area contributed by atoms with Gasteiger partial charge in [0.05, 0.1) is 5.56 Å². The predicted molar refractivity (Wildman–Crippen MR) is 86.9 cm³/mol. The van der Waals surface area contributed by atoms with Gasteiger partial charge >= 0.3 is 5.97 Å². The summed E-state index contributed by atoms with van der Waals surface area (Å²) in [6, 6.07) is 16.8. The van der Waals surface area contributed by atoms with Crippen molar-refractivity contribution in [3.8, 4) is 0 Å². The fraction of sp³-hybridized carbons (Fsp3) is 0.222. The Balaban J connectivity index is 2.12. The number of fused-ring (bicyclic) bond motifs is 1. The van der Waals surface area contributed by atoms with Crippen molar-refractivity contribution in [2.24, 2.45) is 0 Å². The van der Waals surface area contributed by atoms with Gasteiger partial charge in [-0.3, -0.25) is 9.59 Å². The van der Waals surface area contributed by atoms with Crippen LogP contribution >= 0.6 is 0 Å². The number of nitrogens with one attached hydrogen (secondary N) is 1. The summed E-state index contributed by atoms with van der Waals surface area (Å²) in [7, 11) is 1.71. The smallest absolute Gasteiger partial charge is 0.302 e. The van der Waals surface area contributed by atoms with Crippen molar-refractivity contribution in [2.45, 2.75) is 12.6 Å². The lowest BCUT2D eigenvalue weighted by molar-refractivity contribution is -0.144. The van der Waals surface area contributed by atoms with Gasteiger partial charge in [-0.1, -0.05) is 42.5 Å². The quantitative estimate of drug-likeness (QED) is 0.885. The van der Waals surface area contributed by atoms with Gasteiger partial charge in [0.2, 0.25) is 0 Å². The van der Waals surface area contributed by atoms with Crippen LogP contribution in [-0.2, 0) is 15.2 Å². The van der Waals surface area contributed by atoms with Crippen LogP contribution in [0, 0.1) is 0 Å². The van der Waals surface area contributed by atoms with Crippen LogP contribution in [-0.4, -0.2) is 30.4 Å². The lowest BCUT2D eigenvalue weighted by atomic mass is 9.93. The number of hydrogen-bond donors (Lipinski definition) is 1. The van der Waals surface area contributed by atoms with Crippen LogP contribution in [0.1, 0.15) is 22.8 Å². The highest BCUT2D eigenvalue weighted by molar-refractivity contribution is 6.02. The van der Waals surface area contributed by atoms with Gasteiger partial charge in [-0.05, 0) is 12.1 Å². The maximum Gasteiger partial charge on any atom is 0.302 e. The first-order valence-corrected chi connectivity index (χ1v) is 7.39. The summed E-state index contributed by atoms with van der Waals surface area (Å²) in [6.07, 6.45) is 0. The van der Waals surface area contributed by atoms with Crippen molar-refractivity contribution in [1.82, 2.24) is 4.90 Å². The number of amides is 1. The summed E-state index contributed by atoms with van der Waals surface area (Å²) in [4.78, 5) is 25.7. The molecule has 1 amide bonds. The van der Waals surface area contributed by atoms with E-state index >= 15 is 0 Å². The highest BCUT2D eigenvalue weighted by Crippen LogP contribution is 2.37. The van der Waals surface area contributed by atoms with E-state index in [1.54, 1.807) is 18.0 Å². The van der Waals surface area contributed by atoms with Crippen LogP contribution in [0.3, 0.4) is 0 Å². The average Bonchev–Trinajstić information content (AvgIpc) is 2.58. The fourth-order valence-electron chi connectivity index (χ4n) is 2.84. The highest BCUT2D eigenvalue weighted by atomic mass is 16.5. The number of para-hydroxylation sites is 1. The topological polar surface area (TPSA) is 58.6 Å². The lowest BCUT2D eigenvalue weighted by Gasteiger charge is -2.46. The first-order chi connectivity index (χ1) is 11.0. The summed E-state index contributed by atoms with van der Waals surface area (Å²) >= 11 is 0. The molecule has 1 unspecified atom stereocenters. The molecule has 3 rings (SSSR count). The Bertz CT molecular complexity index is 745. The minimum atomic E-state index is -0.932. The van der Waals surface area contributed by atoms with Crippen molar-refractivity contribution in [3.63, 3.8) is 0 Å². The fourth-order valence-corrected chi connectivity index (χ4v) is 2.84. The molecule has 0 fully saturated rings. The minimum Gasteiger partial charge on any atom is -0.461 e. The second-order valence-electron chi connectivity index (χ2n) is 5.54. The molecule has 2 aromatic carbocycles. The number of carbonyl (C=O) groups excluding carboxylic acids is 2. The second kappa shape index (κ2) is 5.76. The Labute approximate surface area is 134 Å². The number of hydrogen-bond acceptors (Lipinski definition) is 4. The largest absolute Gasteiger partial charge is 0.461 e. The highest BCUT2D eigenvalue weighted by Gasteiger charge is 2.45. The van der Waals surface area contributed by atoms with Gasteiger partial charge in [0.1, 0.15) is 6.61 Å². The van der Waals surface area contributed by atoms with Crippen LogP contribution < -0.4 is 5.32 Å². The molecule has 1 atom stereocenters. The van der Waals surface area contributed by atoms with E-state index < -0.39 is 5.66 Å². The molecule has 1 aliphatic rings. The zero-order valence-corrected chi connectivity index (χ0v) is 13.1. The third-order valence-electron chi connectivity index (χ3n) is 4.11. The summed E-state index contributed by atoms with van der Waals surface area (Å²) in [5, 5.41) is 3.39. The summed E-state index contributed by atoms with van der Waals surface area (Å²) in [5.41, 5.74) is 1.25. The third-order valence-corrected chi connectivity index (χ3v) is 4.11. The average molecular weight is 310 g/mol. The monoisotopic (exact) mass is 310 g/mol. The number of esters is 1. The zero-order valence-electron chi connectivity index (χ0n) is 13.1. The van der Waals surface area contributed by atoms with Crippen LogP contribution in [0.25, 0.3) is 0 Å². The number of benzene rings is 2. The van der Waals surface area contributed by atoms with Crippen LogP contribution in [0.2, 0.25) is 0 Å². The number of ether oxygens (including phenoxy) is 1. The normalized spacial score (nSPS) is 19.7. The molecule has 1 aliphatic heterocycles. The molecule has 0 saturated heterocycles. The van der Waals surface area contributed by atoms with Crippen LogP contribution in [0.5, 0.6) is 0 Å². The van der Waals surface area contributed by atoms with Crippen molar-refractivity contribution in [3.05, 3.63) is 65.7 Å². The first-order valence-electron chi connectivity index (χ1n) is 7.39. The molecule has 118 valence electrons. The Morgan fingerprint density at radius 3 is 2.48 bits per heavy atom. The van der Waals surface area contributed by atoms with E-state index in [-0.39, 0.29) is 18.5 Å². The van der Waals surface area contributed by atoms with E-state index in [1.165, 1.54) is 6.92 Å². The van der Waals surface area contributed by atoms with Gasteiger partial charge in [-0.2, -0.15) is 0 Å². The van der Waals surface area contributed by atoms with E-state index in [0.29, 0.717) is 5.56 Å². The van der Waals surface area contributed by atoms with E-state index in [2.05, 4.69) is 5.32 Å². The Morgan fingerprint density at radius 1 is 1.13 bits per heavy atom. The zero-order chi connectivity index (χ0) is 16.4. The molecule has 5 nitrogen and oxygen atoms in total. The third kappa shape index (κ3) is 2.54. The lowest BCUT2D eigenvalue weighted by Crippen LogP contribution is -2.58. The Hall–Kier alpha value is -2.82. The molecule has 5 heteroatoms. The minimum absolute atomic E-state index is 0.0307. The van der Waals surface area contributed by atoms with Crippen molar-refractivity contribution >= 4 is 17.6 Å². The SMILES string of the molecule is CC(=O)OCC1(c2ccccc2)Nc2ccccc2C(=O)N1C. The molecule has 0 bridgehead atoms. The van der Waals surface area contributed by atoms with E-state index in [1.807, 2.05) is 48.5 Å². The maximum atomic E-state index is 12.8. The number of nitrogens with zero attached hydrogens (tertiary/aromatic N) is 1. The molecule has 1 N–H and O–H groups in total. The molecule has 0 aromatic heterocycles. The number of likely N-dealkylation sites (N-methyl/N-ethyl adjacent to an activating group) is 1. The van der Waals surface area contributed by atoms with E-state index in [4.69, 9.17) is 4.74 Å². The maximum absolute atomic E-state index is 12.8. The van der Waals surface area contributed by atoms with Crippen molar-refractivity contribution in [1.29, 1.82) is 0 Å². The Kier molecular flexibility index (Phi) is 3.78. The first kappa shape index (κ1) is 15.1. The van der Waals surface area contributed by atoms with Gasteiger partial charge < -0.3 is 15.0 Å². The van der Waals surface area contributed by atoms with E-state index in [9.17, 15) is 9.59 Å².